The maximum atomic E-state index is 9.20. The second-order valence-electron chi connectivity index (χ2n) is 4.25. The zero-order chi connectivity index (χ0) is 14.1. The van der Waals surface area contributed by atoms with Gasteiger partial charge in [0.1, 0.15) is 6.07 Å². The minimum atomic E-state index is 0.290. The number of anilines is 1. The second-order valence-corrected chi connectivity index (χ2v) is 4.25. The van der Waals surface area contributed by atoms with E-state index in [4.69, 9.17) is 11.0 Å². The Bertz CT molecular complexity index is 893. The molecule has 0 fully saturated rings. The van der Waals surface area contributed by atoms with Crippen LogP contribution in [-0.2, 0) is 0 Å². The van der Waals surface area contributed by atoms with E-state index in [9.17, 15) is 5.26 Å². The summed E-state index contributed by atoms with van der Waals surface area (Å²) in [7, 11) is 0. The van der Waals surface area contributed by atoms with Gasteiger partial charge >= 0.3 is 0 Å². The largest absolute Gasteiger partial charge is 0.369 e. The van der Waals surface area contributed by atoms with Crippen LogP contribution >= 0.6 is 0 Å². The third kappa shape index (κ3) is 1.66. The fraction of sp³-hybridized carbons (Fsp3) is 0. The highest BCUT2D eigenvalue weighted by Gasteiger charge is 2.13. The monoisotopic (exact) mass is 259 g/mol. The van der Waals surface area contributed by atoms with Crippen molar-refractivity contribution in [2.24, 2.45) is 0 Å². The highest BCUT2D eigenvalue weighted by Crippen LogP contribution is 2.25. The van der Waals surface area contributed by atoms with Crippen LogP contribution in [0, 0.1) is 22.7 Å². The maximum absolute atomic E-state index is 9.20. The molecule has 0 amide bonds. The SMILES string of the molecule is N#Cc1ccc2nc(N)n(-c3ccccc3C#N)c2c1. The Hall–Kier alpha value is -3.31. The lowest BCUT2D eigenvalue weighted by molar-refractivity contribution is 1.10. The van der Waals surface area contributed by atoms with Crippen LogP contribution in [0.25, 0.3) is 16.7 Å². The molecule has 0 atom stereocenters. The number of imidazole rings is 1. The van der Waals surface area contributed by atoms with Crippen molar-refractivity contribution < 1.29 is 0 Å². The average molecular weight is 259 g/mol. The van der Waals surface area contributed by atoms with E-state index in [1.54, 1.807) is 41.0 Å². The molecule has 0 saturated heterocycles. The smallest absolute Gasteiger partial charge is 0.205 e. The van der Waals surface area contributed by atoms with Gasteiger partial charge in [-0.25, -0.2) is 4.98 Å². The van der Waals surface area contributed by atoms with Gasteiger partial charge in [-0.1, -0.05) is 12.1 Å². The number of hydrogen-bond donors (Lipinski definition) is 1. The van der Waals surface area contributed by atoms with Crippen LogP contribution in [0.1, 0.15) is 11.1 Å². The number of nitrogens with two attached hydrogens (primary N) is 1. The number of nitrogen functional groups attached to an aromatic ring is 1. The molecule has 0 aliphatic rings. The highest BCUT2D eigenvalue weighted by atomic mass is 15.2. The Morgan fingerprint density at radius 2 is 1.85 bits per heavy atom. The van der Waals surface area contributed by atoms with Crippen molar-refractivity contribution in [1.29, 1.82) is 10.5 Å². The van der Waals surface area contributed by atoms with Crippen molar-refractivity contribution in [2.45, 2.75) is 0 Å². The van der Waals surface area contributed by atoms with Gasteiger partial charge in [-0.05, 0) is 30.3 Å². The zero-order valence-corrected chi connectivity index (χ0v) is 10.4. The third-order valence-corrected chi connectivity index (χ3v) is 3.07. The summed E-state index contributed by atoms with van der Waals surface area (Å²) in [5.41, 5.74) is 9.04. The molecule has 5 nitrogen and oxygen atoms in total. The van der Waals surface area contributed by atoms with E-state index in [0.29, 0.717) is 27.8 Å². The predicted octanol–water partition coefficient (Wildman–Crippen LogP) is 2.35. The summed E-state index contributed by atoms with van der Waals surface area (Å²) < 4.78 is 1.69. The predicted molar refractivity (Wildman–Crippen MR) is 74.9 cm³/mol. The number of fused-ring (bicyclic) bond motifs is 1. The Labute approximate surface area is 115 Å². The number of nitrogens with zero attached hydrogens (tertiary/aromatic N) is 4. The fourth-order valence-corrected chi connectivity index (χ4v) is 2.18. The molecule has 0 aliphatic heterocycles. The summed E-state index contributed by atoms with van der Waals surface area (Å²) in [5.74, 6) is 0.290. The molecule has 2 aromatic carbocycles. The molecular weight excluding hydrogens is 250 g/mol. The Morgan fingerprint density at radius 1 is 1.05 bits per heavy atom. The van der Waals surface area contributed by atoms with Gasteiger partial charge in [-0.2, -0.15) is 10.5 Å². The van der Waals surface area contributed by atoms with Crippen LogP contribution in [0.15, 0.2) is 42.5 Å². The van der Waals surface area contributed by atoms with E-state index in [0.717, 1.165) is 0 Å². The minimum Gasteiger partial charge on any atom is -0.369 e. The van der Waals surface area contributed by atoms with E-state index in [2.05, 4.69) is 17.1 Å². The van der Waals surface area contributed by atoms with Crippen molar-refractivity contribution in [1.82, 2.24) is 9.55 Å². The van der Waals surface area contributed by atoms with Gasteiger partial charge in [0.2, 0.25) is 5.95 Å². The van der Waals surface area contributed by atoms with Gasteiger partial charge in [-0.15, -0.1) is 0 Å². The van der Waals surface area contributed by atoms with E-state index in [1.807, 2.05) is 6.07 Å². The van der Waals surface area contributed by atoms with Crippen LogP contribution in [0.2, 0.25) is 0 Å². The van der Waals surface area contributed by atoms with E-state index in [1.165, 1.54) is 0 Å². The molecule has 5 heteroatoms. The molecular formula is C15H9N5. The standard InChI is InChI=1S/C15H9N5/c16-8-10-5-6-12-14(7-10)20(15(18)19-12)13-4-2-1-3-11(13)9-17/h1-7H,(H2,18,19). The third-order valence-electron chi connectivity index (χ3n) is 3.07. The highest BCUT2D eigenvalue weighted by molar-refractivity contribution is 5.82. The normalized spacial score (nSPS) is 10.1. The Morgan fingerprint density at radius 3 is 2.60 bits per heavy atom. The molecule has 2 N–H and O–H groups in total. The molecule has 1 aromatic heterocycles. The first-order valence-corrected chi connectivity index (χ1v) is 5.92. The zero-order valence-electron chi connectivity index (χ0n) is 10.4. The lowest BCUT2D eigenvalue weighted by Gasteiger charge is -2.08. The Kier molecular flexibility index (Phi) is 2.60. The molecule has 0 saturated carbocycles. The van der Waals surface area contributed by atoms with Gasteiger partial charge in [0, 0.05) is 0 Å². The van der Waals surface area contributed by atoms with Gasteiger partial charge in [0.25, 0.3) is 0 Å². The van der Waals surface area contributed by atoms with E-state index >= 15 is 0 Å². The summed E-state index contributed by atoms with van der Waals surface area (Å²) in [5, 5.41) is 18.2. The van der Waals surface area contributed by atoms with Crippen molar-refractivity contribution in [3.8, 4) is 17.8 Å². The maximum Gasteiger partial charge on any atom is 0.205 e. The molecule has 1 heterocycles. The fourth-order valence-electron chi connectivity index (χ4n) is 2.18. The first-order chi connectivity index (χ1) is 9.74. The van der Waals surface area contributed by atoms with Crippen LogP contribution in [0.5, 0.6) is 0 Å². The van der Waals surface area contributed by atoms with Gasteiger partial charge in [-0.3, -0.25) is 4.57 Å². The lowest BCUT2D eigenvalue weighted by Crippen LogP contribution is -2.02. The van der Waals surface area contributed by atoms with Crippen LogP contribution in [-0.4, -0.2) is 9.55 Å². The molecule has 0 aliphatic carbocycles. The van der Waals surface area contributed by atoms with Crippen molar-refractivity contribution in [3.05, 3.63) is 53.6 Å². The first-order valence-electron chi connectivity index (χ1n) is 5.92. The number of benzene rings is 2. The summed E-state index contributed by atoms with van der Waals surface area (Å²) in [4.78, 5) is 4.26. The average Bonchev–Trinajstić information content (AvgIpc) is 2.81. The number of para-hydroxylation sites is 1. The molecule has 94 valence electrons. The molecule has 0 bridgehead atoms. The van der Waals surface area contributed by atoms with Crippen molar-refractivity contribution >= 4 is 17.0 Å². The second kappa shape index (κ2) is 4.42. The summed E-state index contributed by atoms with van der Waals surface area (Å²) in [6.07, 6.45) is 0. The molecule has 20 heavy (non-hydrogen) atoms. The lowest BCUT2D eigenvalue weighted by atomic mass is 10.1. The van der Waals surface area contributed by atoms with Gasteiger partial charge < -0.3 is 5.73 Å². The van der Waals surface area contributed by atoms with E-state index < -0.39 is 0 Å². The van der Waals surface area contributed by atoms with Crippen LogP contribution < -0.4 is 5.73 Å². The van der Waals surface area contributed by atoms with Gasteiger partial charge in [0.15, 0.2) is 0 Å². The van der Waals surface area contributed by atoms with Crippen LogP contribution in [0.3, 0.4) is 0 Å². The molecule has 3 aromatic rings. The van der Waals surface area contributed by atoms with Crippen LogP contribution in [0.4, 0.5) is 5.95 Å². The first kappa shape index (κ1) is 11.8. The number of aromatic nitrogens is 2. The molecule has 3 rings (SSSR count). The number of rotatable bonds is 1. The molecule has 0 spiro atoms. The molecule has 0 unspecified atom stereocenters. The van der Waals surface area contributed by atoms with Crippen molar-refractivity contribution in [2.75, 3.05) is 5.73 Å². The number of hydrogen-bond acceptors (Lipinski definition) is 4. The molecule has 0 radical (unpaired) electrons. The topological polar surface area (TPSA) is 91.4 Å². The summed E-state index contributed by atoms with van der Waals surface area (Å²) in [6.45, 7) is 0. The number of nitriles is 2. The summed E-state index contributed by atoms with van der Waals surface area (Å²) in [6, 6.07) is 16.5. The minimum absolute atomic E-state index is 0.290. The van der Waals surface area contributed by atoms with E-state index in [-0.39, 0.29) is 5.95 Å². The quantitative estimate of drug-likeness (QED) is 0.726. The summed E-state index contributed by atoms with van der Waals surface area (Å²) >= 11 is 0. The van der Waals surface area contributed by atoms with Gasteiger partial charge in [0.05, 0.1) is 33.9 Å². The Balaban J connectivity index is 2.39. The van der Waals surface area contributed by atoms with Crippen molar-refractivity contribution in [3.63, 3.8) is 0 Å².